The number of nitrogens with zero attached hydrogens (tertiary/aromatic N) is 5. The summed E-state index contributed by atoms with van der Waals surface area (Å²) in [5.41, 5.74) is 15.1. The average Bonchev–Trinajstić information content (AvgIpc) is 3.94. The van der Waals surface area contributed by atoms with Crippen LogP contribution in [0.5, 0.6) is 0 Å². The largest absolute Gasteiger partial charge is 2.00 e. The van der Waals surface area contributed by atoms with Gasteiger partial charge in [-0.3, -0.25) is 4.57 Å². The van der Waals surface area contributed by atoms with Gasteiger partial charge in [-0.2, -0.15) is 0 Å². The van der Waals surface area contributed by atoms with Crippen LogP contribution in [-0.2, 0) is 27.5 Å². The third-order valence-corrected chi connectivity index (χ3v) is 11.6. The standard InChI is InChI=1S/C53H39N5.Pt/c1-33(2)37-26-27-54-49(32-37)58-48-31-38(24-25-42(48)45-30-36(28-34(3)52(45)58)29-35-14-6-4-7-15-35)40-19-13-23-47-51(40)56-53(57(47)39-16-8-5-9-17-39)44-21-12-20-43-41-18-10-11-22-46(41)55-50(43)44;/h4-28,30,32-33H,29H2,1-3H3;/q-2;+2. The fourth-order valence-corrected chi connectivity index (χ4v) is 8.90. The van der Waals surface area contributed by atoms with Crippen molar-refractivity contribution in [2.45, 2.75) is 33.1 Å². The number of aromatic nitrogens is 5. The fraction of sp³-hybridized carbons (Fsp3) is 0.0943. The number of benzene rings is 7. The molecule has 0 aliphatic rings. The molecule has 11 aromatic rings. The smallest absolute Gasteiger partial charge is 0.656 e. The van der Waals surface area contributed by atoms with Crippen LogP contribution in [0.4, 0.5) is 0 Å². The summed E-state index contributed by atoms with van der Waals surface area (Å²) in [6.07, 6.45) is 2.81. The first kappa shape index (κ1) is 36.8. The molecule has 0 bridgehead atoms. The molecule has 0 unspecified atom stereocenters. The Morgan fingerprint density at radius 3 is 2.22 bits per heavy atom. The first-order valence-electron chi connectivity index (χ1n) is 20.0. The molecule has 4 heterocycles. The molecule has 0 fully saturated rings. The molecule has 4 aromatic heterocycles. The van der Waals surface area contributed by atoms with Crippen molar-refractivity contribution in [2.75, 3.05) is 0 Å². The minimum Gasteiger partial charge on any atom is -0.656 e. The first-order valence-corrected chi connectivity index (χ1v) is 20.0. The number of rotatable bonds is 7. The predicted molar refractivity (Wildman–Crippen MR) is 239 cm³/mol. The van der Waals surface area contributed by atoms with Gasteiger partial charge in [-0.15, -0.1) is 34.8 Å². The monoisotopic (exact) mass is 940 g/mol. The number of aryl methyl sites for hydroxylation is 1. The van der Waals surface area contributed by atoms with Gasteiger partial charge in [0, 0.05) is 23.0 Å². The molecule has 11 rings (SSSR count). The minimum absolute atomic E-state index is 0. The van der Waals surface area contributed by atoms with Crippen LogP contribution in [0.3, 0.4) is 0 Å². The third kappa shape index (κ3) is 6.11. The first-order chi connectivity index (χ1) is 28.5. The third-order valence-electron chi connectivity index (χ3n) is 11.6. The predicted octanol–water partition coefficient (Wildman–Crippen LogP) is 12.9. The zero-order chi connectivity index (χ0) is 38.9. The van der Waals surface area contributed by atoms with Crippen LogP contribution in [-0.4, -0.2) is 19.1 Å². The van der Waals surface area contributed by atoms with Gasteiger partial charge >= 0.3 is 21.1 Å². The Labute approximate surface area is 357 Å². The van der Waals surface area contributed by atoms with Crippen LogP contribution in [0.2, 0.25) is 0 Å². The molecule has 0 N–H and O–H groups in total. The number of hydrogen-bond acceptors (Lipinski definition) is 2. The van der Waals surface area contributed by atoms with Gasteiger partial charge in [-0.1, -0.05) is 140 Å². The number of imidazole rings is 1. The van der Waals surface area contributed by atoms with Crippen molar-refractivity contribution in [3.63, 3.8) is 0 Å². The van der Waals surface area contributed by atoms with Gasteiger partial charge in [-0.25, -0.2) is 9.97 Å². The van der Waals surface area contributed by atoms with E-state index in [0.29, 0.717) is 5.92 Å². The Morgan fingerprint density at radius 2 is 1.39 bits per heavy atom. The van der Waals surface area contributed by atoms with Crippen molar-refractivity contribution in [1.29, 1.82) is 0 Å². The Bertz CT molecular complexity index is 3350. The van der Waals surface area contributed by atoms with Crippen molar-refractivity contribution in [1.82, 2.24) is 24.1 Å². The summed E-state index contributed by atoms with van der Waals surface area (Å²) in [4.78, 5) is 15.7. The molecule has 59 heavy (non-hydrogen) atoms. The zero-order valence-electron chi connectivity index (χ0n) is 32.9. The second kappa shape index (κ2) is 14.7. The van der Waals surface area contributed by atoms with Crippen LogP contribution in [0, 0.1) is 13.0 Å². The van der Waals surface area contributed by atoms with Gasteiger partial charge in [0.1, 0.15) is 11.6 Å². The number of fused-ring (bicyclic) bond motifs is 7. The molecular formula is C53H39N5Pt. The topological polar surface area (TPSA) is 49.7 Å². The minimum atomic E-state index is 0. The fourth-order valence-electron chi connectivity index (χ4n) is 8.90. The molecule has 6 heteroatoms. The second-order valence-electron chi connectivity index (χ2n) is 15.7. The Morgan fingerprint density at radius 1 is 0.644 bits per heavy atom. The van der Waals surface area contributed by atoms with E-state index in [2.05, 4.69) is 188 Å². The van der Waals surface area contributed by atoms with Crippen molar-refractivity contribution >= 4 is 54.6 Å². The second-order valence-corrected chi connectivity index (χ2v) is 15.7. The molecule has 0 aliphatic carbocycles. The SMILES string of the molecule is Cc1cc(Cc2ccccc2)cc2c3ccc(-c4cccc5c4nc(-c4cccc6c4[n-]c4ccccc46)n5-c4ccccc4)[c-]c3n(-c3cc(C(C)C)ccn3)c12.[Pt+2]. The van der Waals surface area contributed by atoms with E-state index in [1.807, 2.05) is 12.3 Å². The maximum absolute atomic E-state index is 5.54. The molecule has 0 saturated heterocycles. The van der Waals surface area contributed by atoms with Crippen molar-refractivity contribution in [3.8, 4) is 34.0 Å². The van der Waals surface area contributed by atoms with Gasteiger partial charge in [-0.05, 0) is 93.5 Å². The molecule has 0 atom stereocenters. The summed E-state index contributed by atoms with van der Waals surface area (Å²) < 4.78 is 4.60. The van der Waals surface area contributed by atoms with Gasteiger partial charge in [0.25, 0.3) is 0 Å². The summed E-state index contributed by atoms with van der Waals surface area (Å²) in [5, 5.41) is 4.63. The Balaban J connectivity index is 0.00000420. The van der Waals surface area contributed by atoms with E-state index in [0.717, 1.165) is 89.7 Å². The van der Waals surface area contributed by atoms with E-state index in [1.165, 1.54) is 27.6 Å². The summed E-state index contributed by atoms with van der Waals surface area (Å²) >= 11 is 0. The van der Waals surface area contributed by atoms with Crippen LogP contribution in [0.25, 0.3) is 88.7 Å². The molecule has 286 valence electrons. The summed E-state index contributed by atoms with van der Waals surface area (Å²) in [7, 11) is 0. The zero-order valence-corrected chi connectivity index (χ0v) is 35.2. The molecule has 7 aromatic carbocycles. The average molecular weight is 941 g/mol. The maximum Gasteiger partial charge on any atom is 2.00 e. The van der Waals surface area contributed by atoms with E-state index >= 15 is 0 Å². The molecule has 0 radical (unpaired) electrons. The van der Waals surface area contributed by atoms with Crippen molar-refractivity contribution in [2.24, 2.45) is 0 Å². The Kier molecular flexibility index (Phi) is 9.15. The molecular weight excluding hydrogens is 902 g/mol. The van der Waals surface area contributed by atoms with E-state index in [4.69, 9.17) is 15.0 Å². The summed E-state index contributed by atoms with van der Waals surface area (Å²) in [6, 6.07) is 60.0. The van der Waals surface area contributed by atoms with Crippen LogP contribution in [0.1, 0.15) is 42.0 Å². The molecule has 0 spiro atoms. The van der Waals surface area contributed by atoms with E-state index in [-0.39, 0.29) is 21.1 Å². The normalized spacial score (nSPS) is 11.7. The quantitative estimate of drug-likeness (QED) is 0.150. The van der Waals surface area contributed by atoms with E-state index < -0.39 is 0 Å². The van der Waals surface area contributed by atoms with Crippen molar-refractivity contribution < 1.29 is 21.1 Å². The van der Waals surface area contributed by atoms with Gasteiger partial charge in [0.05, 0.1) is 11.0 Å². The molecule has 5 nitrogen and oxygen atoms in total. The van der Waals surface area contributed by atoms with Crippen molar-refractivity contribution in [3.05, 3.63) is 192 Å². The summed E-state index contributed by atoms with van der Waals surface area (Å²) in [5.74, 6) is 2.12. The molecule has 0 saturated carbocycles. The maximum atomic E-state index is 5.54. The van der Waals surface area contributed by atoms with Gasteiger partial charge in [0.2, 0.25) is 0 Å². The molecule has 0 amide bonds. The number of para-hydroxylation sites is 4. The molecule has 0 aliphatic heterocycles. The van der Waals surface area contributed by atoms with Crippen LogP contribution in [0.15, 0.2) is 164 Å². The van der Waals surface area contributed by atoms with E-state index in [9.17, 15) is 0 Å². The van der Waals surface area contributed by atoms with Gasteiger partial charge < -0.3 is 9.55 Å². The Hall–Kier alpha value is -6.55. The van der Waals surface area contributed by atoms with Crippen LogP contribution < -0.4 is 4.98 Å². The van der Waals surface area contributed by atoms with E-state index in [1.54, 1.807) is 0 Å². The van der Waals surface area contributed by atoms with Gasteiger partial charge in [0.15, 0.2) is 0 Å². The van der Waals surface area contributed by atoms with Crippen LogP contribution >= 0.6 is 0 Å². The number of hydrogen-bond donors (Lipinski definition) is 0. The summed E-state index contributed by atoms with van der Waals surface area (Å²) in [6.45, 7) is 6.69. The number of pyridine rings is 1.